The number of nitrogens with one attached hydrogen (secondary N) is 1. The monoisotopic (exact) mass is 283 g/mol. The van der Waals surface area contributed by atoms with E-state index in [0.29, 0.717) is 6.04 Å². The molecule has 1 fully saturated rings. The Balaban J connectivity index is 1.87. The van der Waals surface area contributed by atoms with Gasteiger partial charge in [-0.2, -0.15) is 0 Å². The van der Waals surface area contributed by atoms with Crippen molar-refractivity contribution in [3.63, 3.8) is 0 Å². The van der Waals surface area contributed by atoms with Crippen LogP contribution in [0.1, 0.15) is 17.4 Å². The van der Waals surface area contributed by atoms with Gasteiger partial charge in [0.05, 0.1) is 0 Å². The fourth-order valence-corrected chi connectivity index (χ4v) is 2.90. The Morgan fingerprint density at radius 1 is 1.19 bits per heavy atom. The summed E-state index contributed by atoms with van der Waals surface area (Å²) in [7, 11) is 1.96. The topological polar surface area (TPSA) is 37.3 Å². The van der Waals surface area contributed by atoms with Gasteiger partial charge in [-0.15, -0.1) is 0 Å². The normalized spacial score (nSPS) is 18.8. The van der Waals surface area contributed by atoms with Gasteiger partial charge >= 0.3 is 0 Å². The van der Waals surface area contributed by atoms with Crippen molar-refractivity contribution in [2.24, 2.45) is 7.05 Å². The summed E-state index contributed by atoms with van der Waals surface area (Å²) >= 11 is 0. The fourth-order valence-electron chi connectivity index (χ4n) is 2.90. The molecule has 3 rings (SSSR count). The summed E-state index contributed by atoms with van der Waals surface area (Å²) in [6.45, 7) is 4.52. The van der Waals surface area contributed by atoms with Gasteiger partial charge in [-0.3, -0.25) is 4.79 Å². The second-order valence-corrected chi connectivity index (χ2v) is 5.64. The van der Waals surface area contributed by atoms with Gasteiger partial charge in [0.15, 0.2) is 0 Å². The zero-order chi connectivity index (χ0) is 14.8. The van der Waals surface area contributed by atoms with Crippen LogP contribution in [0.4, 0.5) is 0 Å². The number of hydrogen-bond donors (Lipinski definition) is 1. The molecule has 1 atom stereocenters. The predicted molar refractivity (Wildman–Crippen MR) is 84.2 cm³/mol. The highest BCUT2D eigenvalue weighted by Gasteiger charge is 2.24. The maximum absolute atomic E-state index is 12.7. The third-order valence-electron chi connectivity index (χ3n) is 4.07. The lowest BCUT2D eigenvalue weighted by atomic mass is 10.2. The Kier molecular flexibility index (Phi) is 3.80. The first-order valence-corrected chi connectivity index (χ1v) is 7.40. The second kappa shape index (κ2) is 5.74. The number of carbonyl (C=O) groups is 1. The van der Waals surface area contributed by atoms with Crippen molar-refractivity contribution in [1.82, 2.24) is 14.8 Å². The Bertz CT molecular complexity index is 633. The summed E-state index contributed by atoms with van der Waals surface area (Å²) in [6.07, 6.45) is 0. The number of piperazine rings is 1. The van der Waals surface area contributed by atoms with Crippen molar-refractivity contribution in [2.75, 3.05) is 19.6 Å². The Labute approximate surface area is 125 Å². The van der Waals surface area contributed by atoms with E-state index in [-0.39, 0.29) is 5.91 Å². The van der Waals surface area contributed by atoms with Crippen molar-refractivity contribution in [3.05, 3.63) is 48.2 Å². The van der Waals surface area contributed by atoms with Crippen molar-refractivity contribution < 1.29 is 4.79 Å². The quantitative estimate of drug-likeness (QED) is 0.916. The van der Waals surface area contributed by atoms with E-state index in [9.17, 15) is 4.79 Å². The molecule has 1 saturated heterocycles. The van der Waals surface area contributed by atoms with Crippen LogP contribution in [-0.4, -0.2) is 41.1 Å². The molecule has 0 aliphatic carbocycles. The molecule has 1 N–H and O–H groups in total. The van der Waals surface area contributed by atoms with Crippen LogP contribution in [0, 0.1) is 0 Å². The average Bonchev–Trinajstić information content (AvgIpc) is 2.89. The SMILES string of the molecule is C[C@@H]1CN(C(=O)c2ccc(-c3ccccc3)n2C)CCN1. The molecule has 2 aromatic rings. The van der Waals surface area contributed by atoms with Crippen LogP contribution in [0.3, 0.4) is 0 Å². The van der Waals surface area contributed by atoms with Gasteiger partial charge in [0.25, 0.3) is 5.91 Å². The van der Waals surface area contributed by atoms with Gasteiger partial charge in [-0.05, 0) is 24.6 Å². The molecule has 2 heterocycles. The summed E-state index contributed by atoms with van der Waals surface area (Å²) in [4.78, 5) is 14.6. The van der Waals surface area contributed by atoms with E-state index in [4.69, 9.17) is 0 Å². The number of benzene rings is 1. The highest BCUT2D eigenvalue weighted by atomic mass is 16.2. The van der Waals surface area contributed by atoms with Crippen LogP contribution in [-0.2, 0) is 7.05 Å². The molecule has 1 aliphatic rings. The minimum absolute atomic E-state index is 0.119. The lowest BCUT2D eigenvalue weighted by Gasteiger charge is -2.32. The summed E-state index contributed by atoms with van der Waals surface area (Å²) < 4.78 is 1.99. The standard InChI is InChI=1S/C17H21N3O/c1-13-12-20(11-10-18-13)17(21)16-9-8-15(19(16)2)14-6-4-3-5-7-14/h3-9,13,18H,10-12H2,1-2H3/t13-/m1/s1. The minimum Gasteiger partial charge on any atom is -0.340 e. The minimum atomic E-state index is 0.119. The van der Waals surface area contributed by atoms with E-state index in [1.807, 2.05) is 46.8 Å². The number of carbonyl (C=O) groups excluding carboxylic acids is 1. The molecular weight excluding hydrogens is 262 g/mol. The molecule has 110 valence electrons. The molecule has 0 saturated carbocycles. The van der Waals surface area contributed by atoms with Gasteiger partial charge in [-0.1, -0.05) is 30.3 Å². The van der Waals surface area contributed by atoms with Crippen LogP contribution in [0.15, 0.2) is 42.5 Å². The summed E-state index contributed by atoms with van der Waals surface area (Å²) in [5.41, 5.74) is 2.96. The number of hydrogen-bond acceptors (Lipinski definition) is 2. The molecule has 1 aromatic carbocycles. The second-order valence-electron chi connectivity index (χ2n) is 5.64. The molecular formula is C17H21N3O. The molecule has 0 spiro atoms. The summed E-state index contributed by atoms with van der Waals surface area (Å²) in [5, 5.41) is 3.36. The van der Waals surface area contributed by atoms with Gasteiger partial charge < -0.3 is 14.8 Å². The number of aromatic nitrogens is 1. The molecule has 21 heavy (non-hydrogen) atoms. The van der Waals surface area contributed by atoms with Crippen LogP contribution >= 0.6 is 0 Å². The average molecular weight is 283 g/mol. The van der Waals surface area contributed by atoms with Gasteiger partial charge in [-0.25, -0.2) is 0 Å². The fraction of sp³-hybridized carbons (Fsp3) is 0.353. The smallest absolute Gasteiger partial charge is 0.270 e. The van der Waals surface area contributed by atoms with Crippen molar-refractivity contribution in [1.29, 1.82) is 0 Å². The third-order valence-corrected chi connectivity index (χ3v) is 4.07. The van der Waals surface area contributed by atoms with Crippen LogP contribution in [0.2, 0.25) is 0 Å². The van der Waals surface area contributed by atoms with Crippen molar-refractivity contribution in [2.45, 2.75) is 13.0 Å². The molecule has 1 aliphatic heterocycles. The van der Waals surface area contributed by atoms with Crippen LogP contribution in [0.25, 0.3) is 11.3 Å². The number of amides is 1. The Morgan fingerprint density at radius 2 is 1.95 bits per heavy atom. The van der Waals surface area contributed by atoms with E-state index in [2.05, 4.69) is 24.4 Å². The van der Waals surface area contributed by atoms with E-state index < -0.39 is 0 Å². The first kappa shape index (κ1) is 13.9. The van der Waals surface area contributed by atoms with Gasteiger partial charge in [0.2, 0.25) is 0 Å². The Hall–Kier alpha value is -2.07. The number of rotatable bonds is 2. The molecule has 4 heteroatoms. The molecule has 4 nitrogen and oxygen atoms in total. The highest BCUT2D eigenvalue weighted by molar-refractivity contribution is 5.94. The van der Waals surface area contributed by atoms with Gasteiger partial charge in [0.1, 0.15) is 5.69 Å². The Morgan fingerprint density at radius 3 is 2.67 bits per heavy atom. The van der Waals surface area contributed by atoms with Crippen molar-refractivity contribution in [3.8, 4) is 11.3 Å². The molecule has 0 unspecified atom stereocenters. The van der Waals surface area contributed by atoms with E-state index in [0.717, 1.165) is 36.6 Å². The van der Waals surface area contributed by atoms with E-state index >= 15 is 0 Å². The maximum atomic E-state index is 12.7. The van der Waals surface area contributed by atoms with Crippen LogP contribution < -0.4 is 5.32 Å². The van der Waals surface area contributed by atoms with E-state index in [1.165, 1.54) is 0 Å². The highest BCUT2D eigenvalue weighted by Crippen LogP contribution is 2.22. The predicted octanol–water partition coefficient (Wildman–Crippen LogP) is 2.13. The molecule has 1 aromatic heterocycles. The number of nitrogens with zero attached hydrogens (tertiary/aromatic N) is 2. The lowest BCUT2D eigenvalue weighted by Crippen LogP contribution is -2.51. The maximum Gasteiger partial charge on any atom is 0.270 e. The van der Waals surface area contributed by atoms with E-state index in [1.54, 1.807) is 0 Å². The molecule has 1 amide bonds. The first-order chi connectivity index (χ1) is 10.2. The van der Waals surface area contributed by atoms with Gasteiger partial charge in [0, 0.05) is 38.4 Å². The molecule has 0 radical (unpaired) electrons. The zero-order valence-electron chi connectivity index (χ0n) is 12.5. The molecule has 0 bridgehead atoms. The van der Waals surface area contributed by atoms with Crippen molar-refractivity contribution >= 4 is 5.91 Å². The summed E-state index contributed by atoms with van der Waals surface area (Å²) in [6, 6.07) is 14.5. The third kappa shape index (κ3) is 2.72. The lowest BCUT2D eigenvalue weighted by molar-refractivity contribution is 0.0699. The van der Waals surface area contributed by atoms with Crippen LogP contribution in [0.5, 0.6) is 0 Å². The summed E-state index contributed by atoms with van der Waals surface area (Å²) in [5.74, 6) is 0.119. The first-order valence-electron chi connectivity index (χ1n) is 7.40. The largest absolute Gasteiger partial charge is 0.340 e. The zero-order valence-corrected chi connectivity index (χ0v) is 12.5.